The maximum absolute atomic E-state index is 13.3. The summed E-state index contributed by atoms with van der Waals surface area (Å²) in [5.74, 6) is -3.05. The monoisotopic (exact) mass is 310 g/mol. The van der Waals surface area contributed by atoms with Gasteiger partial charge < -0.3 is 9.64 Å². The Kier molecular flexibility index (Phi) is 4.14. The second-order valence-corrected chi connectivity index (χ2v) is 6.08. The highest BCUT2D eigenvalue weighted by Gasteiger charge is 2.44. The van der Waals surface area contributed by atoms with Crippen LogP contribution in [0.4, 0.5) is 8.78 Å². The van der Waals surface area contributed by atoms with Gasteiger partial charge in [-0.1, -0.05) is 30.3 Å². The molecule has 2 aliphatic rings. The zero-order valence-corrected chi connectivity index (χ0v) is 12.5. The molecule has 0 bridgehead atoms. The number of carbonyl (C=O) groups excluding carboxylic acids is 1. The standard InChI is InChI=1S/C16H20F2N2O2/c1-11-8-20(15(21)13-7-16(17,18)10-19-13)9-14(22-11)12-5-3-2-4-6-12/h2-6,11,13-14,19H,7-10H2,1H3. The zero-order valence-electron chi connectivity index (χ0n) is 12.5. The lowest BCUT2D eigenvalue weighted by Crippen LogP contribution is -2.51. The number of hydrogen-bond donors (Lipinski definition) is 1. The third-order valence-corrected chi connectivity index (χ3v) is 4.15. The van der Waals surface area contributed by atoms with Gasteiger partial charge in [0.05, 0.1) is 25.2 Å². The Morgan fingerprint density at radius 1 is 1.32 bits per heavy atom. The van der Waals surface area contributed by atoms with Crippen LogP contribution < -0.4 is 5.32 Å². The summed E-state index contributed by atoms with van der Waals surface area (Å²) in [5.41, 5.74) is 0.997. The fourth-order valence-electron chi connectivity index (χ4n) is 3.09. The summed E-state index contributed by atoms with van der Waals surface area (Å²) in [4.78, 5) is 14.1. The van der Waals surface area contributed by atoms with Crippen LogP contribution in [0.5, 0.6) is 0 Å². The van der Waals surface area contributed by atoms with E-state index in [4.69, 9.17) is 4.74 Å². The van der Waals surface area contributed by atoms with Crippen molar-refractivity contribution < 1.29 is 18.3 Å². The Morgan fingerprint density at radius 3 is 2.68 bits per heavy atom. The van der Waals surface area contributed by atoms with Crippen molar-refractivity contribution in [3.8, 4) is 0 Å². The number of rotatable bonds is 2. The summed E-state index contributed by atoms with van der Waals surface area (Å²) in [6, 6.07) is 8.87. The SMILES string of the molecule is CC1CN(C(=O)C2CC(F)(F)CN2)CC(c2ccccc2)O1. The molecule has 1 aromatic rings. The van der Waals surface area contributed by atoms with Crippen molar-refractivity contribution in [2.75, 3.05) is 19.6 Å². The van der Waals surface area contributed by atoms with Gasteiger partial charge in [-0.3, -0.25) is 10.1 Å². The van der Waals surface area contributed by atoms with Crippen molar-refractivity contribution in [3.63, 3.8) is 0 Å². The highest BCUT2D eigenvalue weighted by molar-refractivity contribution is 5.82. The molecular formula is C16H20F2N2O2. The molecular weight excluding hydrogens is 290 g/mol. The smallest absolute Gasteiger partial charge is 0.262 e. The minimum atomic E-state index is -2.79. The van der Waals surface area contributed by atoms with E-state index < -0.39 is 24.9 Å². The molecule has 22 heavy (non-hydrogen) atoms. The summed E-state index contributed by atoms with van der Waals surface area (Å²) in [5, 5.41) is 2.63. The predicted molar refractivity (Wildman–Crippen MR) is 77.7 cm³/mol. The van der Waals surface area contributed by atoms with E-state index in [9.17, 15) is 13.6 Å². The van der Waals surface area contributed by atoms with Gasteiger partial charge in [0, 0.05) is 13.0 Å². The van der Waals surface area contributed by atoms with Gasteiger partial charge >= 0.3 is 0 Å². The van der Waals surface area contributed by atoms with E-state index in [1.165, 1.54) is 0 Å². The molecule has 1 N–H and O–H groups in total. The average molecular weight is 310 g/mol. The van der Waals surface area contributed by atoms with Crippen LogP contribution >= 0.6 is 0 Å². The number of halogens is 2. The van der Waals surface area contributed by atoms with Gasteiger partial charge in [-0.05, 0) is 12.5 Å². The molecule has 6 heteroatoms. The van der Waals surface area contributed by atoms with Crippen LogP contribution in [0.15, 0.2) is 30.3 Å². The van der Waals surface area contributed by atoms with E-state index in [2.05, 4.69) is 5.32 Å². The van der Waals surface area contributed by atoms with Gasteiger partial charge in [0.25, 0.3) is 5.92 Å². The lowest BCUT2D eigenvalue weighted by atomic mass is 10.1. The first kappa shape index (κ1) is 15.4. The molecule has 2 fully saturated rings. The quantitative estimate of drug-likeness (QED) is 0.908. The van der Waals surface area contributed by atoms with Gasteiger partial charge in [0.2, 0.25) is 5.91 Å². The van der Waals surface area contributed by atoms with Crippen LogP contribution in [0.1, 0.15) is 25.0 Å². The fourth-order valence-corrected chi connectivity index (χ4v) is 3.09. The molecule has 0 radical (unpaired) electrons. The molecule has 3 unspecified atom stereocenters. The Bertz CT molecular complexity index is 538. The lowest BCUT2D eigenvalue weighted by molar-refractivity contribution is -0.147. The van der Waals surface area contributed by atoms with Crippen molar-refractivity contribution in [3.05, 3.63) is 35.9 Å². The van der Waals surface area contributed by atoms with Gasteiger partial charge in [0.1, 0.15) is 6.10 Å². The Morgan fingerprint density at radius 2 is 2.05 bits per heavy atom. The molecule has 2 aliphatic heterocycles. The number of amides is 1. The first-order chi connectivity index (χ1) is 10.4. The molecule has 2 saturated heterocycles. The lowest BCUT2D eigenvalue weighted by Gasteiger charge is -2.38. The normalized spacial score (nSPS) is 31.2. The fraction of sp³-hybridized carbons (Fsp3) is 0.562. The van der Waals surface area contributed by atoms with Crippen molar-refractivity contribution in [1.29, 1.82) is 0 Å². The van der Waals surface area contributed by atoms with E-state index in [0.717, 1.165) is 5.56 Å². The molecule has 120 valence electrons. The number of ether oxygens (including phenoxy) is 1. The maximum Gasteiger partial charge on any atom is 0.262 e. The minimum absolute atomic E-state index is 0.121. The number of hydrogen-bond acceptors (Lipinski definition) is 3. The Labute approximate surface area is 128 Å². The highest BCUT2D eigenvalue weighted by Crippen LogP contribution is 2.29. The molecule has 2 heterocycles. The van der Waals surface area contributed by atoms with Gasteiger partial charge in [-0.15, -0.1) is 0 Å². The second kappa shape index (κ2) is 5.93. The summed E-state index contributed by atoms with van der Waals surface area (Å²) in [6.45, 7) is 2.31. The Hall–Kier alpha value is -1.53. The van der Waals surface area contributed by atoms with Crippen molar-refractivity contribution in [2.45, 2.75) is 37.5 Å². The zero-order chi connectivity index (χ0) is 15.7. The molecule has 1 amide bonds. The van der Waals surface area contributed by atoms with Gasteiger partial charge in [-0.2, -0.15) is 0 Å². The van der Waals surface area contributed by atoms with Crippen LogP contribution in [0, 0.1) is 0 Å². The molecule has 0 saturated carbocycles. The van der Waals surface area contributed by atoms with E-state index in [1.54, 1.807) is 4.90 Å². The molecule has 3 rings (SSSR count). The predicted octanol–water partition coefficient (Wildman–Crippen LogP) is 1.97. The van der Waals surface area contributed by atoms with E-state index in [1.807, 2.05) is 37.3 Å². The topological polar surface area (TPSA) is 41.6 Å². The first-order valence-electron chi connectivity index (χ1n) is 7.55. The maximum atomic E-state index is 13.3. The summed E-state index contributed by atoms with van der Waals surface area (Å²) >= 11 is 0. The largest absolute Gasteiger partial charge is 0.367 e. The van der Waals surface area contributed by atoms with Crippen molar-refractivity contribution >= 4 is 5.91 Å². The van der Waals surface area contributed by atoms with Crippen LogP contribution in [-0.4, -0.2) is 48.5 Å². The minimum Gasteiger partial charge on any atom is -0.367 e. The van der Waals surface area contributed by atoms with E-state index >= 15 is 0 Å². The molecule has 0 aliphatic carbocycles. The van der Waals surface area contributed by atoms with Crippen molar-refractivity contribution in [2.24, 2.45) is 0 Å². The number of alkyl halides is 2. The first-order valence-corrected chi connectivity index (χ1v) is 7.55. The van der Waals surface area contributed by atoms with Crippen LogP contribution in [0.25, 0.3) is 0 Å². The third-order valence-electron chi connectivity index (χ3n) is 4.15. The Balaban J connectivity index is 1.70. The number of morpholine rings is 1. The summed E-state index contributed by atoms with van der Waals surface area (Å²) < 4.78 is 32.5. The van der Waals surface area contributed by atoms with Crippen LogP contribution in [0.2, 0.25) is 0 Å². The molecule has 3 atom stereocenters. The number of nitrogens with one attached hydrogen (secondary N) is 1. The third kappa shape index (κ3) is 3.28. The summed E-state index contributed by atoms with van der Waals surface area (Å²) in [7, 11) is 0. The average Bonchev–Trinajstić information content (AvgIpc) is 2.87. The van der Waals surface area contributed by atoms with Crippen LogP contribution in [0.3, 0.4) is 0 Å². The molecule has 1 aromatic carbocycles. The second-order valence-electron chi connectivity index (χ2n) is 6.08. The van der Waals surface area contributed by atoms with Crippen molar-refractivity contribution in [1.82, 2.24) is 10.2 Å². The summed E-state index contributed by atoms with van der Waals surface area (Å²) in [6.07, 6.45) is -0.756. The number of nitrogens with zero attached hydrogens (tertiary/aromatic N) is 1. The number of carbonyl (C=O) groups is 1. The highest BCUT2D eigenvalue weighted by atomic mass is 19.3. The van der Waals surface area contributed by atoms with E-state index in [-0.39, 0.29) is 18.1 Å². The van der Waals surface area contributed by atoms with E-state index in [0.29, 0.717) is 13.1 Å². The number of benzene rings is 1. The molecule has 0 spiro atoms. The molecule has 0 aromatic heterocycles. The van der Waals surface area contributed by atoms with Crippen LogP contribution in [-0.2, 0) is 9.53 Å². The molecule has 4 nitrogen and oxygen atoms in total. The van der Waals surface area contributed by atoms with Gasteiger partial charge in [-0.25, -0.2) is 8.78 Å². The van der Waals surface area contributed by atoms with Gasteiger partial charge in [0.15, 0.2) is 0 Å².